The van der Waals surface area contributed by atoms with E-state index in [2.05, 4.69) is 31.2 Å². The number of allylic oxidation sites excluding steroid dienone is 9. The Hall–Kier alpha value is -2.33. The third-order valence-electron chi connectivity index (χ3n) is 8.58. The zero-order valence-corrected chi connectivity index (χ0v) is 34.7. The number of carbonyl (C=O) groups excluding carboxylic acids is 2. The summed E-state index contributed by atoms with van der Waals surface area (Å²) in [6.45, 7) is 3.32. The number of aliphatic hydroxyl groups excluding tert-OH is 1. The number of ether oxygens (including phenoxy) is 2. The van der Waals surface area contributed by atoms with Gasteiger partial charge < -0.3 is 25.2 Å². The van der Waals surface area contributed by atoms with Crippen LogP contribution in [0.5, 0.6) is 0 Å². The third-order valence-corrected chi connectivity index (χ3v) is 9.56. The first-order valence-corrected chi connectivity index (χ1v) is 22.4. The fraction of sp³-hybridized carbons (Fsp3) is 0.721. The van der Waals surface area contributed by atoms with Crippen molar-refractivity contribution in [2.45, 2.75) is 174 Å². The van der Waals surface area contributed by atoms with Crippen LogP contribution in [0.3, 0.4) is 0 Å². The van der Waals surface area contributed by atoms with Crippen LogP contribution in [0.1, 0.15) is 162 Å². The molecule has 0 aliphatic rings. The molecule has 3 atom stereocenters. The molecule has 0 aromatic carbocycles. The minimum absolute atomic E-state index is 0.0367. The highest BCUT2D eigenvalue weighted by atomic mass is 31.2. The summed E-state index contributed by atoms with van der Waals surface area (Å²) >= 11 is 0. The normalized spacial score (nSPS) is 14.5. The van der Waals surface area contributed by atoms with Gasteiger partial charge in [0.15, 0.2) is 6.10 Å². The monoisotopic (exact) mass is 782 g/mol. The Balaban J connectivity index is 4.30. The Morgan fingerprint density at radius 1 is 0.648 bits per heavy atom. The molecule has 0 aliphatic carbocycles. The van der Waals surface area contributed by atoms with Crippen LogP contribution in [0.2, 0.25) is 0 Å². The Labute approximate surface area is 328 Å². The van der Waals surface area contributed by atoms with Crippen LogP contribution < -0.4 is 5.73 Å². The van der Waals surface area contributed by atoms with Crippen molar-refractivity contribution < 1.29 is 42.7 Å². The number of rotatable bonds is 38. The molecular weight excluding hydrogens is 705 g/mol. The van der Waals surface area contributed by atoms with Crippen LogP contribution in [-0.4, -0.2) is 60.5 Å². The topological polar surface area (TPSA) is 155 Å². The maximum atomic E-state index is 12.5. The summed E-state index contributed by atoms with van der Waals surface area (Å²) in [6, 6.07) is 0. The van der Waals surface area contributed by atoms with Crippen LogP contribution in [0.25, 0.3) is 0 Å². The predicted octanol–water partition coefficient (Wildman–Crippen LogP) is 10.7. The molecule has 0 aromatic heterocycles. The second kappa shape index (κ2) is 38.9. The Morgan fingerprint density at radius 3 is 1.72 bits per heavy atom. The SMILES string of the molecule is CCCCCCCCCCCCCCCCCC(=O)OCC(COP(=O)(O)OCCN)OC(=O)CCC/C=C\C/C=C\C/C=C\C/C=C\C=C\C(O)CC. The standard InChI is InChI=1S/C43H76NO9P/c1-3-5-6-7-8-9-10-11-12-16-19-22-25-28-31-34-42(46)50-38-41(39-52-54(48,49)51-37-36-44)53-43(47)35-32-29-26-23-20-17-14-13-15-18-21-24-27-30-33-40(45)4-2/h14-15,17-18,23-24,26-27,30,33,40-41,45H,3-13,16,19-22,25,28-29,31-32,34-39,44H2,1-2H3,(H,48,49)/b17-14-,18-15-,26-23-,27-24-,33-30+. The molecule has 3 unspecified atom stereocenters. The van der Waals surface area contributed by atoms with E-state index in [4.69, 9.17) is 24.3 Å². The Kier molecular flexibility index (Phi) is 37.2. The predicted molar refractivity (Wildman–Crippen MR) is 221 cm³/mol. The highest BCUT2D eigenvalue weighted by molar-refractivity contribution is 7.47. The van der Waals surface area contributed by atoms with E-state index in [9.17, 15) is 24.2 Å². The Bertz CT molecular complexity index is 1090. The van der Waals surface area contributed by atoms with Gasteiger partial charge in [-0.15, -0.1) is 0 Å². The van der Waals surface area contributed by atoms with Crippen molar-refractivity contribution >= 4 is 19.8 Å². The van der Waals surface area contributed by atoms with Crippen molar-refractivity contribution in [3.63, 3.8) is 0 Å². The first-order valence-electron chi connectivity index (χ1n) is 20.9. The number of carbonyl (C=O) groups is 2. The molecule has 54 heavy (non-hydrogen) atoms. The quantitative estimate of drug-likeness (QED) is 0.0181. The van der Waals surface area contributed by atoms with Gasteiger partial charge in [0.05, 0.1) is 19.3 Å². The molecule has 0 fully saturated rings. The number of hydrogen-bond donors (Lipinski definition) is 3. The molecule has 0 spiro atoms. The lowest BCUT2D eigenvalue weighted by atomic mass is 10.0. The van der Waals surface area contributed by atoms with Crippen LogP contribution in [0.15, 0.2) is 60.8 Å². The van der Waals surface area contributed by atoms with Crippen molar-refractivity contribution in [1.82, 2.24) is 0 Å². The van der Waals surface area contributed by atoms with Gasteiger partial charge in [0, 0.05) is 19.4 Å². The molecule has 0 saturated carbocycles. The summed E-state index contributed by atoms with van der Waals surface area (Å²) in [5.41, 5.74) is 5.33. The maximum absolute atomic E-state index is 12.5. The molecule has 4 N–H and O–H groups in total. The van der Waals surface area contributed by atoms with Crippen molar-refractivity contribution in [3.05, 3.63) is 60.8 Å². The number of nitrogens with two attached hydrogens (primary N) is 1. The molecule has 0 aliphatic heterocycles. The molecule has 0 aromatic rings. The summed E-state index contributed by atoms with van der Waals surface area (Å²) in [5.74, 6) is -0.917. The summed E-state index contributed by atoms with van der Waals surface area (Å²) in [4.78, 5) is 34.8. The first kappa shape index (κ1) is 51.7. The number of phosphoric acid groups is 1. The maximum Gasteiger partial charge on any atom is 0.472 e. The lowest BCUT2D eigenvalue weighted by Crippen LogP contribution is -2.29. The van der Waals surface area contributed by atoms with Gasteiger partial charge in [-0.05, 0) is 44.9 Å². The van der Waals surface area contributed by atoms with E-state index >= 15 is 0 Å². The Morgan fingerprint density at radius 2 is 1.17 bits per heavy atom. The fourth-order valence-corrected chi connectivity index (χ4v) is 6.09. The smallest absolute Gasteiger partial charge is 0.462 e. The van der Waals surface area contributed by atoms with E-state index in [-0.39, 0.29) is 38.7 Å². The zero-order valence-electron chi connectivity index (χ0n) is 33.8. The van der Waals surface area contributed by atoms with E-state index in [1.165, 1.54) is 77.0 Å². The fourth-order valence-electron chi connectivity index (χ4n) is 5.33. The highest BCUT2D eigenvalue weighted by Crippen LogP contribution is 2.43. The van der Waals surface area contributed by atoms with Gasteiger partial charge in [0.2, 0.25) is 0 Å². The molecule has 0 saturated heterocycles. The third kappa shape index (κ3) is 38.0. The summed E-state index contributed by atoms with van der Waals surface area (Å²) < 4.78 is 32.7. The molecule has 0 heterocycles. The van der Waals surface area contributed by atoms with E-state index in [0.29, 0.717) is 19.3 Å². The molecule has 11 heteroatoms. The van der Waals surface area contributed by atoms with Crippen molar-refractivity contribution in [2.24, 2.45) is 5.73 Å². The van der Waals surface area contributed by atoms with Gasteiger partial charge in [0.1, 0.15) is 6.61 Å². The van der Waals surface area contributed by atoms with Gasteiger partial charge in [-0.1, -0.05) is 164 Å². The second-order valence-electron chi connectivity index (χ2n) is 13.7. The summed E-state index contributed by atoms with van der Waals surface area (Å²) in [6.07, 6.45) is 42.1. The highest BCUT2D eigenvalue weighted by Gasteiger charge is 2.25. The van der Waals surface area contributed by atoms with Gasteiger partial charge >= 0.3 is 19.8 Å². The van der Waals surface area contributed by atoms with Crippen molar-refractivity contribution in [3.8, 4) is 0 Å². The first-order chi connectivity index (χ1) is 26.2. The summed E-state index contributed by atoms with van der Waals surface area (Å²) in [5, 5.41) is 9.47. The largest absolute Gasteiger partial charge is 0.472 e. The lowest BCUT2D eigenvalue weighted by Gasteiger charge is -2.19. The molecular formula is C43H76NO9P. The van der Waals surface area contributed by atoms with Crippen molar-refractivity contribution in [1.29, 1.82) is 0 Å². The molecule has 0 radical (unpaired) electrons. The van der Waals surface area contributed by atoms with Crippen LogP contribution in [0.4, 0.5) is 0 Å². The van der Waals surface area contributed by atoms with Gasteiger partial charge in [-0.2, -0.15) is 0 Å². The van der Waals surface area contributed by atoms with Gasteiger partial charge in [-0.25, -0.2) is 4.57 Å². The minimum Gasteiger partial charge on any atom is -0.462 e. The molecule has 0 rings (SSSR count). The van der Waals surface area contributed by atoms with Crippen molar-refractivity contribution in [2.75, 3.05) is 26.4 Å². The number of hydrogen-bond acceptors (Lipinski definition) is 9. The summed E-state index contributed by atoms with van der Waals surface area (Å²) in [7, 11) is -4.40. The van der Waals surface area contributed by atoms with E-state index in [1.54, 1.807) is 6.08 Å². The van der Waals surface area contributed by atoms with E-state index < -0.39 is 32.5 Å². The van der Waals surface area contributed by atoms with Crippen LogP contribution in [0, 0.1) is 0 Å². The van der Waals surface area contributed by atoms with E-state index in [1.807, 2.05) is 37.3 Å². The number of esters is 2. The van der Waals surface area contributed by atoms with Gasteiger partial charge in [-0.3, -0.25) is 18.6 Å². The number of phosphoric ester groups is 1. The van der Waals surface area contributed by atoms with Crippen LogP contribution >= 0.6 is 7.82 Å². The second-order valence-corrected chi connectivity index (χ2v) is 15.1. The van der Waals surface area contributed by atoms with Crippen LogP contribution in [-0.2, 0) is 32.7 Å². The molecule has 10 nitrogen and oxygen atoms in total. The number of unbranched alkanes of at least 4 members (excludes halogenated alkanes) is 15. The van der Waals surface area contributed by atoms with Gasteiger partial charge in [0.25, 0.3) is 0 Å². The molecule has 0 amide bonds. The lowest BCUT2D eigenvalue weighted by molar-refractivity contribution is -0.161. The average molecular weight is 782 g/mol. The number of aliphatic hydroxyl groups is 1. The molecule has 0 bridgehead atoms. The average Bonchev–Trinajstić information content (AvgIpc) is 3.16. The van der Waals surface area contributed by atoms with E-state index in [0.717, 1.165) is 38.5 Å². The minimum atomic E-state index is -4.40. The zero-order chi connectivity index (χ0) is 39.8. The molecule has 312 valence electrons.